The lowest BCUT2D eigenvalue weighted by atomic mass is 9.89. The highest BCUT2D eigenvalue weighted by Gasteiger charge is 2.22. The van der Waals surface area contributed by atoms with Gasteiger partial charge >= 0.3 is 0 Å². The van der Waals surface area contributed by atoms with Crippen LogP contribution in [0.4, 0.5) is 5.69 Å². The van der Waals surface area contributed by atoms with E-state index in [1.54, 1.807) is 31.4 Å². The number of sulfonamides is 1. The zero-order valence-corrected chi connectivity index (χ0v) is 26.3. The summed E-state index contributed by atoms with van der Waals surface area (Å²) in [6, 6.07) is 42.9. The Hall–Kier alpha value is -5.20. The van der Waals surface area contributed by atoms with Crippen LogP contribution in [0, 0.1) is 13.8 Å². The minimum absolute atomic E-state index is 0.209. The first kappa shape index (κ1) is 29.9. The number of benzene rings is 6. The van der Waals surface area contributed by atoms with Crippen LogP contribution in [-0.4, -0.2) is 21.2 Å². The third kappa shape index (κ3) is 6.24. The second-order valence-corrected chi connectivity index (χ2v) is 12.7. The summed E-state index contributed by atoms with van der Waals surface area (Å²) in [6.45, 7) is 4.28. The van der Waals surface area contributed by atoms with Gasteiger partial charge in [0.1, 0.15) is 5.75 Å². The predicted octanol–water partition coefficient (Wildman–Crippen LogP) is 8.97. The molecule has 0 radical (unpaired) electrons. The topological polar surface area (TPSA) is 67.8 Å². The number of hydrogen-bond donors (Lipinski definition) is 1. The smallest absolute Gasteiger partial charge is 0.261 e. The molecular formula is C39H34N2O3S. The molecule has 224 valence electrons. The molecule has 6 rings (SSSR count). The zero-order valence-electron chi connectivity index (χ0n) is 25.5. The van der Waals surface area contributed by atoms with E-state index >= 15 is 0 Å². The Balaban J connectivity index is 1.56. The van der Waals surface area contributed by atoms with Crippen LogP contribution in [0.1, 0.15) is 27.8 Å². The number of aliphatic imine (C=N–C) groups is 1. The SMILES string of the molecule is COc1cc(CN=C(c2ccccc2)c2ccccc2)c(-c2c(C)cccc2NS(=O)(=O)c2ccc(C)cc2)c2ccccc12. The summed E-state index contributed by atoms with van der Waals surface area (Å²) in [5, 5.41) is 1.89. The Morgan fingerprint density at radius 1 is 0.689 bits per heavy atom. The normalized spacial score (nSPS) is 11.3. The van der Waals surface area contributed by atoms with Crippen molar-refractivity contribution in [2.75, 3.05) is 11.8 Å². The van der Waals surface area contributed by atoms with E-state index in [0.717, 1.165) is 61.2 Å². The van der Waals surface area contributed by atoms with Crippen molar-refractivity contribution in [3.63, 3.8) is 0 Å². The summed E-state index contributed by atoms with van der Waals surface area (Å²) in [7, 11) is -2.19. The van der Waals surface area contributed by atoms with E-state index < -0.39 is 10.0 Å². The molecule has 6 aromatic rings. The van der Waals surface area contributed by atoms with Gasteiger partial charge in [0, 0.05) is 22.1 Å². The molecule has 1 N–H and O–H groups in total. The van der Waals surface area contributed by atoms with E-state index in [2.05, 4.69) is 35.1 Å². The van der Waals surface area contributed by atoms with E-state index in [4.69, 9.17) is 9.73 Å². The number of nitrogens with zero attached hydrogens (tertiary/aromatic N) is 1. The van der Waals surface area contributed by atoms with Crippen molar-refractivity contribution in [3.8, 4) is 16.9 Å². The Bertz CT molecular complexity index is 2070. The first-order valence-corrected chi connectivity index (χ1v) is 16.3. The summed E-state index contributed by atoms with van der Waals surface area (Å²) >= 11 is 0. The molecule has 0 aliphatic heterocycles. The van der Waals surface area contributed by atoms with E-state index in [9.17, 15) is 8.42 Å². The highest BCUT2D eigenvalue weighted by atomic mass is 32.2. The second kappa shape index (κ2) is 12.8. The molecule has 0 aliphatic rings. The van der Waals surface area contributed by atoms with Gasteiger partial charge < -0.3 is 4.74 Å². The van der Waals surface area contributed by atoms with Crippen LogP contribution in [0.25, 0.3) is 21.9 Å². The molecule has 0 heterocycles. The van der Waals surface area contributed by atoms with E-state index in [1.807, 2.05) is 92.7 Å². The fourth-order valence-corrected chi connectivity index (χ4v) is 6.77. The predicted molar refractivity (Wildman–Crippen MR) is 185 cm³/mol. The van der Waals surface area contributed by atoms with Crippen molar-refractivity contribution < 1.29 is 13.2 Å². The van der Waals surface area contributed by atoms with Crippen LogP contribution in [0.15, 0.2) is 143 Å². The monoisotopic (exact) mass is 610 g/mol. The molecule has 0 fully saturated rings. The summed E-state index contributed by atoms with van der Waals surface area (Å²) in [5.74, 6) is 0.732. The van der Waals surface area contributed by atoms with Crippen molar-refractivity contribution in [2.24, 2.45) is 4.99 Å². The van der Waals surface area contributed by atoms with Crippen LogP contribution in [-0.2, 0) is 16.6 Å². The van der Waals surface area contributed by atoms with Gasteiger partial charge in [-0.2, -0.15) is 0 Å². The van der Waals surface area contributed by atoms with Gasteiger partial charge in [-0.05, 0) is 60.2 Å². The molecule has 0 atom stereocenters. The number of methoxy groups -OCH3 is 1. The number of fused-ring (bicyclic) bond motifs is 1. The fourth-order valence-electron chi connectivity index (χ4n) is 5.70. The number of hydrogen-bond acceptors (Lipinski definition) is 4. The van der Waals surface area contributed by atoms with Crippen molar-refractivity contribution in [1.82, 2.24) is 0 Å². The molecule has 0 aliphatic carbocycles. The Morgan fingerprint density at radius 3 is 1.91 bits per heavy atom. The first-order valence-electron chi connectivity index (χ1n) is 14.8. The van der Waals surface area contributed by atoms with Gasteiger partial charge in [0.2, 0.25) is 0 Å². The maximum atomic E-state index is 13.6. The van der Waals surface area contributed by atoms with E-state index in [0.29, 0.717) is 12.2 Å². The van der Waals surface area contributed by atoms with Crippen molar-refractivity contribution in [3.05, 3.63) is 161 Å². The highest BCUT2D eigenvalue weighted by Crippen LogP contribution is 2.43. The van der Waals surface area contributed by atoms with Gasteiger partial charge in [0.25, 0.3) is 10.0 Å². The summed E-state index contributed by atoms with van der Waals surface area (Å²) < 4.78 is 36.1. The van der Waals surface area contributed by atoms with Gasteiger partial charge in [-0.3, -0.25) is 9.71 Å². The lowest BCUT2D eigenvalue weighted by Crippen LogP contribution is -2.14. The lowest BCUT2D eigenvalue weighted by Gasteiger charge is -2.21. The van der Waals surface area contributed by atoms with Crippen LogP contribution in [0.2, 0.25) is 0 Å². The zero-order chi connectivity index (χ0) is 31.4. The molecule has 0 saturated heterocycles. The molecule has 6 heteroatoms. The average Bonchev–Trinajstić information content (AvgIpc) is 3.06. The number of anilines is 1. The highest BCUT2D eigenvalue weighted by molar-refractivity contribution is 7.92. The molecule has 0 amide bonds. The number of rotatable bonds is 9. The van der Waals surface area contributed by atoms with Crippen LogP contribution < -0.4 is 9.46 Å². The maximum absolute atomic E-state index is 13.6. The van der Waals surface area contributed by atoms with Crippen LogP contribution in [0.5, 0.6) is 5.75 Å². The molecule has 0 spiro atoms. The fraction of sp³-hybridized carbons (Fsp3) is 0.103. The standard InChI is InChI=1S/C39H34N2O3S/c1-27-21-23-32(24-22-27)45(42,43)41-35-20-12-13-28(2)37(35)38-31(25-36(44-3)33-18-10-11-19-34(33)38)26-40-39(29-14-6-4-7-15-29)30-16-8-5-9-17-30/h4-25,41H,26H2,1-3H3. The Morgan fingerprint density at radius 2 is 1.29 bits per heavy atom. The largest absolute Gasteiger partial charge is 0.496 e. The molecule has 0 aromatic heterocycles. The number of nitrogens with one attached hydrogen (secondary N) is 1. The van der Waals surface area contributed by atoms with Crippen LogP contribution >= 0.6 is 0 Å². The third-order valence-corrected chi connectivity index (χ3v) is 9.29. The first-order chi connectivity index (χ1) is 21.9. The van der Waals surface area contributed by atoms with Crippen molar-refractivity contribution in [2.45, 2.75) is 25.3 Å². The second-order valence-electron chi connectivity index (χ2n) is 11.0. The number of ether oxygens (including phenoxy) is 1. The molecule has 45 heavy (non-hydrogen) atoms. The van der Waals surface area contributed by atoms with Gasteiger partial charge in [-0.25, -0.2) is 8.42 Å². The minimum atomic E-state index is -3.86. The van der Waals surface area contributed by atoms with E-state index in [-0.39, 0.29) is 4.90 Å². The maximum Gasteiger partial charge on any atom is 0.261 e. The summed E-state index contributed by atoms with van der Waals surface area (Å²) in [4.78, 5) is 5.42. The van der Waals surface area contributed by atoms with Crippen molar-refractivity contribution >= 4 is 32.2 Å². The number of aryl methyl sites for hydroxylation is 2. The quantitative estimate of drug-likeness (QED) is 0.166. The van der Waals surface area contributed by atoms with Gasteiger partial charge in [-0.1, -0.05) is 115 Å². The minimum Gasteiger partial charge on any atom is -0.496 e. The van der Waals surface area contributed by atoms with E-state index in [1.165, 1.54) is 0 Å². The molecular weight excluding hydrogens is 577 g/mol. The molecule has 0 bridgehead atoms. The summed E-state index contributed by atoms with van der Waals surface area (Å²) in [6.07, 6.45) is 0. The molecule has 0 unspecified atom stereocenters. The molecule has 0 saturated carbocycles. The van der Waals surface area contributed by atoms with Crippen molar-refractivity contribution in [1.29, 1.82) is 0 Å². The molecule has 5 nitrogen and oxygen atoms in total. The van der Waals surface area contributed by atoms with Gasteiger partial charge in [-0.15, -0.1) is 0 Å². The van der Waals surface area contributed by atoms with Gasteiger partial charge in [0.05, 0.1) is 29.9 Å². The summed E-state index contributed by atoms with van der Waals surface area (Å²) in [5.41, 5.74) is 7.97. The molecule has 6 aromatic carbocycles. The average molecular weight is 611 g/mol. The Kier molecular flexibility index (Phi) is 8.49. The third-order valence-electron chi connectivity index (χ3n) is 7.91. The lowest BCUT2D eigenvalue weighted by molar-refractivity contribution is 0.419. The van der Waals surface area contributed by atoms with Crippen LogP contribution in [0.3, 0.4) is 0 Å². The van der Waals surface area contributed by atoms with Gasteiger partial charge in [0.15, 0.2) is 0 Å². The Labute approximate surface area is 264 Å².